The zero-order valence-corrected chi connectivity index (χ0v) is 18.0. The zero-order chi connectivity index (χ0) is 21.7. The normalized spacial score (nSPS) is 11.1. The van der Waals surface area contributed by atoms with Crippen LogP contribution in [0.2, 0.25) is 0 Å². The predicted octanol–water partition coefficient (Wildman–Crippen LogP) is 4.34. The van der Waals surface area contributed by atoms with Gasteiger partial charge in [0.1, 0.15) is 17.3 Å². The summed E-state index contributed by atoms with van der Waals surface area (Å²) in [6.07, 6.45) is 0. The molecule has 3 rings (SSSR count). The molecule has 0 aliphatic rings. The van der Waals surface area contributed by atoms with Gasteiger partial charge in [0.05, 0.1) is 5.75 Å². The van der Waals surface area contributed by atoms with Crippen molar-refractivity contribution in [2.45, 2.75) is 5.75 Å². The molecule has 0 spiro atoms. The summed E-state index contributed by atoms with van der Waals surface area (Å²) in [7, 11) is -3.71. The molecule has 0 radical (unpaired) electrons. The van der Waals surface area contributed by atoms with E-state index in [4.69, 9.17) is 4.74 Å². The van der Waals surface area contributed by atoms with Crippen LogP contribution in [0.1, 0.15) is 21.5 Å². The second-order valence-electron chi connectivity index (χ2n) is 6.50. The lowest BCUT2D eigenvalue weighted by Crippen LogP contribution is -2.22. The van der Waals surface area contributed by atoms with Gasteiger partial charge in [-0.25, -0.2) is 12.8 Å². The molecule has 0 fully saturated rings. The van der Waals surface area contributed by atoms with Gasteiger partial charge in [-0.2, -0.15) is 0 Å². The average Bonchev–Trinajstić information content (AvgIpc) is 2.67. The van der Waals surface area contributed by atoms with Crippen LogP contribution in [0.5, 0.6) is 5.75 Å². The topological polar surface area (TPSA) is 77.5 Å². The first kappa shape index (κ1) is 21.9. The second kappa shape index (κ2) is 9.32. The molecule has 3 aromatic rings. The summed E-state index contributed by atoms with van der Waals surface area (Å²) in [6.45, 7) is 0. The van der Waals surface area contributed by atoms with Gasteiger partial charge >= 0.3 is 5.97 Å². The van der Waals surface area contributed by atoms with Crippen molar-refractivity contribution < 1.29 is 27.1 Å². The standard InChI is InChI=1S/C22H16BrFO5S/c23-18-3-1-2-15(12-18)13-30(27,28)14-21(25)29-20-10-6-17(7-11-20)22(26)16-4-8-19(24)9-5-16/h1-12H,13-14H2. The van der Waals surface area contributed by atoms with E-state index in [9.17, 15) is 22.4 Å². The number of hydrogen-bond acceptors (Lipinski definition) is 5. The minimum absolute atomic E-state index is 0.119. The molecule has 0 bridgehead atoms. The summed E-state index contributed by atoms with van der Waals surface area (Å²) in [4.78, 5) is 24.4. The molecule has 0 saturated carbocycles. The van der Waals surface area contributed by atoms with Crippen LogP contribution in [-0.4, -0.2) is 25.9 Å². The SMILES string of the molecule is O=C(CS(=O)(=O)Cc1cccc(Br)c1)Oc1ccc(C(=O)c2ccc(F)cc2)cc1. The van der Waals surface area contributed by atoms with Gasteiger partial charge < -0.3 is 4.74 Å². The second-order valence-corrected chi connectivity index (χ2v) is 9.48. The Kier molecular flexibility index (Phi) is 6.79. The van der Waals surface area contributed by atoms with Crippen molar-refractivity contribution in [3.63, 3.8) is 0 Å². The quantitative estimate of drug-likeness (QED) is 0.279. The lowest BCUT2D eigenvalue weighted by molar-refractivity contribution is -0.131. The number of sulfone groups is 1. The fourth-order valence-corrected chi connectivity index (χ4v) is 4.37. The molecule has 8 heteroatoms. The molecular formula is C22H16BrFO5S. The van der Waals surface area contributed by atoms with Crippen LogP contribution in [0, 0.1) is 5.82 Å². The Hall–Kier alpha value is -2.84. The van der Waals surface area contributed by atoms with E-state index in [2.05, 4.69) is 15.9 Å². The van der Waals surface area contributed by atoms with E-state index >= 15 is 0 Å². The van der Waals surface area contributed by atoms with Gasteiger partial charge in [0.15, 0.2) is 15.6 Å². The number of halogens is 2. The van der Waals surface area contributed by atoms with Crippen LogP contribution >= 0.6 is 15.9 Å². The van der Waals surface area contributed by atoms with E-state index < -0.39 is 27.4 Å². The number of ether oxygens (including phenoxy) is 1. The van der Waals surface area contributed by atoms with Gasteiger partial charge in [0.2, 0.25) is 0 Å². The number of carbonyl (C=O) groups excluding carboxylic acids is 2. The predicted molar refractivity (Wildman–Crippen MR) is 114 cm³/mol. The monoisotopic (exact) mass is 490 g/mol. The zero-order valence-electron chi connectivity index (χ0n) is 15.5. The Bertz CT molecular complexity index is 1170. The van der Waals surface area contributed by atoms with Crippen molar-refractivity contribution >= 4 is 37.5 Å². The number of rotatable bonds is 7. The van der Waals surface area contributed by atoms with Crippen LogP contribution in [0.4, 0.5) is 4.39 Å². The third-order valence-corrected chi connectivity index (χ3v) is 6.01. The molecule has 154 valence electrons. The van der Waals surface area contributed by atoms with Crippen molar-refractivity contribution in [2.24, 2.45) is 0 Å². The molecule has 0 aliphatic heterocycles. The van der Waals surface area contributed by atoms with Crippen LogP contribution in [0.15, 0.2) is 77.3 Å². The molecule has 5 nitrogen and oxygen atoms in total. The average molecular weight is 491 g/mol. The molecular weight excluding hydrogens is 475 g/mol. The molecule has 0 N–H and O–H groups in total. The third kappa shape index (κ3) is 6.08. The van der Waals surface area contributed by atoms with Crippen molar-refractivity contribution in [3.8, 4) is 5.75 Å². The highest BCUT2D eigenvalue weighted by Gasteiger charge is 2.19. The number of hydrogen-bond donors (Lipinski definition) is 0. The number of benzene rings is 3. The summed E-state index contributed by atoms with van der Waals surface area (Å²) in [5.74, 6) is -2.60. The van der Waals surface area contributed by atoms with Gasteiger partial charge in [-0.1, -0.05) is 28.1 Å². The maximum atomic E-state index is 13.0. The van der Waals surface area contributed by atoms with Crippen molar-refractivity contribution in [2.75, 3.05) is 5.75 Å². The highest BCUT2D eigenvalue weighted by molar-refractivity contribution is 9.10. The lowest BCUT2D eigenvalue weighted by atomic mass is 10.0. The van der Waals surface area contributed by atoms with Gasteiger partial charge in [-0.05, 0) is 66.2 Å². The molecule has 3 aromatic carbocycles. The first-order valence-corrected chi connectivity index (χ1v) is 11.4. The van der Waals surface area contributed by atoms with Crippen LogP contribution < -0.4 is 4.74 Å². The van der Waals surface area contributed by atoms with Gasteiger partial charge in [-0.3, -0.25) is 9.59 Å². The number of ketones is 1. The lowest BCUT2D eigenvalue weighted by Gasteiger charge is -2.07. The van der Waals surface area contributed by atoms with E-state index in [1.54, 1.807) is 24.3 Å². The molecule has 0 saturated heterocycles. The van der Waals surface area contributed by atoms with E-state index in [-0.39, 0.29) is 17.3 Å². The minimum Gasteiger partial charge on any atom is -0.426 e. The van der Waals surface area contributed by atoms with Crippen LogP contribution in [0.3, 0.4) is 0 Å². The highest BCUT2D eigenvalue weighted by Crippen LogP contribution is 2.18. The Morgan fingerprint density at radius 3 is 2.10 bits per heavy atom. The fourth-order valence-electron chi connectivity index (χ4n) is 2.71. The molecule has 0 atom stereocenters. The van der Waals surface area contributed by atoms with Crippen molar-refractivity contribution in [1.82, 2.24) is 0 Å². The maximum Gasteiger partial charge on any atom is 0.326 e. The number of carbonyl (C=O) groups is 2. The summed E-state index contributed by atoms with van der Waals surface area (Å²) >= 11 is 3.27. The largest absolute Gasteiger partial charge is 0.426 e. The maximum absolute atomic E-state index is 13.0. The minimum atomic E-state index is -3.71. The molecule has 0 aromatic heterocycles. The van der Waals surface area contributed by atoms with Crippen molar-refractivity contribution in [1.29, 1.82) is 0 Å². The first-order valence-electron chi connectivity index (χ1n) is 8.78. The Labute approximate surface area is 181 Å². The molecule has 30 heavy (non-hydrogen) atoms. The van der Waals surface area contributed by atoms with Gasteiger partial charge in [-0.15, -0.1) is 0 Å². The Morgan fingerprint density at radius 2 is 1.50 bits per heavy atom. The summed E-state index contributed by atoms with van der Waals surface area (Å²) in [5.41, 5.74) is 1.20. The fraction of sp³-hybridized carbons (Fsp3) is 0.0909. The van der Waals surface area contributed by atoms with Crippen LogP contribution in [0.25, 0.3) is 0 Å². The first-order chi connectivity index (χ1) is 14.2. The van der Waals surface area contributed by atoms with E-state index in [1.807, 2.05) is 0 Å². The Balaban J connectivity index is 1.61. The molecule has 0 aliphatic carbocycles. The smallest absolute Gasteiger partial charge is 0.326 e. The van der Waals surface area contributed by atoms with E-state index in [1.165, 1.54) is 48.5 Å². The van der Waals surface area contributed by atoms with E-state index in [0.717, 1.165) is 4.47 Å². The summed E-state index contributed by atoms with van der Waals surface area (Å²) in [6, 6.07) is 17.6. The highest BCUT2D eigenvalue weighted by atomic mass is 79.9. The van der Waals surface area contributed by atoms with Gasteiger partial charge in [0, 0.05) is 15.6 Å². The third-order valence-electron chi connectivity index (χ3n) is 4.07. The molecule has 0 heterocycles. The van der Waals surface area contributed by atoms with E-state index in [0.29, 0.717) is 16.7 Å². The summed E-state index contributed by atoms with van der Waals surface area (Å²) in [5, 5.41) is 0. The van der Waals surface area contributed by atoms with Crippen LogP contribution in [-0.2, 0) is 20.4 Å². The summed E-state index contributed by atoms with van der Waals surface area (Å²) < 4.78 is 43.3. The molecule has 0 amide bonds. The molecule has 0 unspecified atom stereocenters. The van der Waals surface area contributed by atoms with Crippen molar-refractivity contribution in [3.05, 3.63) is 99.8 Å². The van der Waals surface area contributed by atoms with Gasteiger partial charge in [0.25, 0.3) is 0 Å². The Morgan fingerprint density at radius 1 is 0.900 bits per heavy atom. The number of esters is 1.